The minimum absolute atomic E-state index is 0.388. The Bertz CT molecular complexity index is 309. The van der Waals surface area contributed by atoms with Crippen LogP contribution >= 0.6 is 11.8 Å². The standard InChI is InChI=1S/C8H8F3NS/c1-5-3-6(8(9,10)11)4-7(12-5)13-2/h3-4H,1-2H3. The molecule has 0 saturated heterocycles. The first-order chi connectivity index (χ1) is 5.93. The molecular weight excluding hydrogens is 199 g/mol. The van der Waals surface area contributed by atoms with Crippen LogP contribution in [0.4, 0.5) is 13.2 Å². The van der Waals surface area contributed by atoms with Crippen LogP contribution in [-0.2, 0) is 6.18 Å². The van der Waals surface area contributed by atoms with Gasteiger partial charge in [0.2, 0.25) is 0 Å². The number of hydrogen-bond acceptors (Lipinski definition) is 2. The number of thioether (sulfide) groups is 1. The number of pyridine rings is 1. The molecule has 1 heterocycles. The molecule has 1 nitrogen and oxygen atoms in total. The zero-order valence-corrected chi connectivity index (χ0v) is 7.96. The van der Waals surface area contributed by atoms with E-state index in [0.717, 1.165) is 12.1 Å². The van der Waals surface area contributed by atoms with Crippen molar-refractivity contribution in [2.24, 2.45) is 0 Å². The highest BCUT2D eigenvalue weighted by molar-refractivity contribution is 7.98. The molecule has 1 aromatic rings. The maximum Gasteiger partial charge on any atom is 0.416 e. The summed E-state index contributed by atoms with van der Waals surface area (Å²) in [6.07, 6.45) is -2.58. The number of nitrogens with zero attached hydrogens (tertiary/aromatic N) is 1. The van der Waals surface area contributed by atoms with Crippen molar-refractivity contribution >= 4 is 11.8 Å². The van der Waals surface area contributed by atoms with Crippen molar-refractivity contribution in [2.75, 3.05) is 6.26 Å². The van der Waals surface area contributed by atoms with Crippen LogP contribution in [0.15, 0.2) is 17.2 Å². The lowest BCUT2D eigenvalue weighted by Gasteiger charge is -2.08. The summed E-state index contributed by atoms with van der Waals surface area (Å²) in [5.41, 5.74) is -0.247. The second-order valence-electron chi connectivity index (χ2n) is 2.54. The van der Waals surface area contributed by atoms with E-state index >= 15 is 0 Å². The van der Waals surface area contributed by atoms with E-state index in [9.17, 15) is 13.2 Å². The number of alkyl halides is 3. The number of halogens is 3. The Kier molecular flexibility index (Phi) is 2.85. The number of rotatable bonds is 1. The minimum Gasteiger partial charge on any atom is -0.247 e. The summed E-state index contributed by atoms with van der Waals surface area (Å²) in [7, 11) is 0. The molecule has 72 valence electrons. The molecule has 0 radical (unpaired) electrons. The molecule has 0 unspecified atom stereocenters. The molecule has 1 rings (SSSR count). The molecule has 0 fully saturated rings. The van der Waals surface area contributed by atoms with Gasteiger partial charge in [0.15, 0.2) is 0 Å². The molecule has 13 heavy (non-hydrogen) atoms. The van der Waals surface area contributed by atoms with Crippen molar-refractivity contribution in [1.82, 2.24) is 4.98 Å². The fraction of sp³-hybridized carbons (Fsp3) is 0.375. The Morgan fingerprint density at radius 1 is 1.31 bits per heavy atom. The smallest absolute Gasteiger partial charge is 0.247 e. The largest absolute Gasteiger partial charge is 0.416 e. The van der Waals surface area contributed by atoms with Gasteiger partial charge in [-0.1, -0.05) is 0 Å². The summed E-state index contributed by atoms with van der Waals surface area (Å²) < 4.78 is 36.7. The van der Waals surface area contributed by atoms with Crippen LogP contribution in [0, 0.1) is 6.92 Å². The van der Waals surface area contributed by atoms with Gasteiger partial charge in [0, 0.05) is 5.69 Å². The second-order valence-corrected chi connectivity index (χ2v) is 3.36. The third-order valence-electron chi connectivity index (χ3n) is 1.47. The molecule has 5 heteroatoms. The van der Waals surface area contributed by atoms with Crippen molar-refractivity contribution in [1.29, 1.82) is 0 Å². The van der Waals surface area contributed by atoms with Gasteiger partial charge in [-0.3, -0.25) is 0 Å². The maximum atomic E-state index is 12.2. The first kappa shape index (κ1) is 10.4. The molecule has 0 amide bonds. The van der Waals surface area contributed by atoms with E-state index in [1.54, 1.807) is 13.2 Å². The Hall–Kier alpha value is -0.710. The summed E-state index contributed by atoms with van der Waals surface area (Å²) in [5, 5.41) is 0.396. The molecule has 1 aromatic heterocycles. The topological polar surface area (TPSA) is 12.9 Å². The lowest BCUT2D eigenvalue weighted by atomic mass is 10.2. The van der Waals surface area contributed by atoms with Gasteiger partial charge in [0.05, 0.1) is 10.6 Å². The quantitative estimate of drug-likeness (QED) is 0.656. The first-order valence-corrected chi connectivity index (χ1v) is 4.76. The van der Waals surface area contributed by atoms with E-state index in [4.69, 9.17) is 0 Å². The molecule has 0 atom stereocenters. The summed E-state index contributed by atoms with van der Waals surface area (Å²) in [6, 6.07) is 2.09. The SMILES string of the molecule is CSc1cc(C(F)(F)F)cc(C)n1. The van der Waals surface area contributed by atoms with Gasteiger partial charge in [0.25, 0.3) is 0 Å². The Balaban J connectivity index is 3.16. The van der Waals surface area contributed by atoms with E-state index in [-0.39, 0.29) is 0 Å². The third kappa shape index (κ3) is 2.62. The normalized spacial score (nSPS) is 11.8. The number of aryl methyl sites for hydroxylation is 1. The predicted molar refractivity (Wildman–Crippen MR) is 45.8 cm³/mol. The molecule has 0 bridgehead atoms. The Morgan fingerprint density at radius 2 is 1.92 bits per heavy atom. The molecule has 0 saturated carbocycles. The van der Waals surface area contributed by atoms with E-state index in [1.165, 1.54) is 11.8 Å². The lowest BCUT2D eigenvalue weighted by molar-refractivity contribution is -0.137. The predicted octanol–water partition coefficient (Wildman–Crippen LogP) is 3.13. The van der Waals surface area contributed by atoms with E-state index in [1.807, 2.05) is 0 Å². The highest BCUT2D eigenvalue weighted by atomic mass is 32.2. The van der Waals surface area contributed by atoms with Gasteiger partial charge in [-0.15, -0.1) is 11.8 Å². The van der Waals surface area contributed by atoms with Gasteiger partial charge in [-0.25, -0.2) is 4.98 Å². The van der Waals surface area contributed by atoms with Crippen LogP contribution in [0.2, 0.25) is 0 Å². The minimum atomic E-state index is -4.28. The average Bonchev–Trinajstić information content (AvgIpc) is 2.01. The third-order valence-corrected chi connectivity index (χ3v) is 2.09. The maximum absolute atomic E-state index is 12.2. The zero-order valence-electron chi connectivity index (χ0n) is 7.14. The Labute approximate surface area is 78.4 Å². The van der Waals surface area contributed by atoms with E-state index in [0.29, 0.717) is 10.7 Å². The van der Waals surface area contributed by atoms with Crippen molar-refractivity contribution in [2.45, 2.75) is 18.1 Å². The average molecular weight is 207 g/mol. The zero-order chi connectivity index (χ0) is 10.1. The summed E-state index contributed by atoms with van der Waals surface area (Å²) in [4.78, 5) is 3.93. The highest BCUT2D eigenvalue weighted by Crippen LogP contribution is 2.31. The fourth-order valence-corrected chi connectivity index (χ4v) is 1.39. The molecule has 0 aliphatic carbocycles. The highest BCUT2D eigenvalue weighted by Gasteiger charge is 2.31. The van der Waals surface area contributed by atoms with Crippen LogP contribution in [0.5, 0.6) is 0 Å². The molecule has 0 N–H and O–H groups in total. The Morgan fingerprint density at radius 3 is 2.38 bits per heavy atom. The van der Waals surface area contributed by atoms with Gasteiger partial charge in [-0.2, -0.15) is 13.2 Å². The van der Waals surface area contributed by atoms with Crippen LogP contribution in [0.25, 0.3) is 0 Å². The van der Waals surface area contributed by atoms with E-state index < -0.39 is 11.7 Å². The van der Waals surface area contributed by atoms with E-state index in [2.05, 4.69) is 4.98 Å². The van der Waals surface area contributed by atoms with Crippen molar-refractivity contribution in [3.05, 3.63) is 23.4 Å². The second kappa shape index (κ2) is 3.57. The molecular formula is C8H8F3NS. The number of hydrogen-bond donors (Lipinski definition) is 0. The van der Waals surface area contributed by atoms with Crippen molar-refractivity contribution < 1.29 is 13.2 Å². The molecule has 0 spiro atoms. The van der Waals surface area contributed by atoms with Crippen LogP contribution in [-0.4, -0.2) is 11.2 Å². The van der Waals surface area contributed by atoms with Crippen LogP contribution < -0.4 is 0 Å². The summed E-state index contributed by atoms with van der Waals surface area (Å²) in [6.45, 7) is 1.55. The molecule has 0 aromatic carbocycles. The van der Waals surface area contributed by atoms with Gasteiger partial charge in [-0.05, 0) is 25.3 Å². The lowest BCUT2D eigenvalue weighted by Crippen LogP contribution is -2.06. The first-order valence-electron chi connectivity index (χ1n) is 3.53. The number of aromatic nitrogens is 1. The monoisotopic (exact) mass is 207 g/mol. The van der Waals surface area contributed by atoms with Crippen molar-refractivity contribution in [3.63, 3.8) is 0 Å². The fourth-order valence-electron chi connectivity index (χ4n) is 0.906. The van der Waals surface area contributed by atoms with Crippen molar-refractivity contribution in [3.8, 4) is 0 Å². The summed E-state index contributed by atoms with van der Waals surface area (Å²) >= 11 is 1.20. The molecule has 0 aliphatic rings. The summed E-state index contributed by atoms with van der Waals surface area (Å²) in [5.74, 6) is 0. The molecule has 0 aliphatic heterocycles. The van der Waals surface area contributed by atoms with Gasteiger partial charge >= 0.3 is 6.18 Å². The van der Waals surface area contributed by atoms with Crippen LogP contribution in [0.3, 0.4) is 0 Å². The van der Waals surface area contributed by atoms with Gasteiger partial charge in [0.1, 0.15) is 0 Å². The van der Waals surface area contributed by atoms with Gasteiger partial charge < -0.3 is 0 Å². The van der Waals surface area contributed by atoms with Crippen LogP contribution in [0.1, 0.15) is 11.3 Å².